The molecule has 0 fully saturated rings. The lowest BCUT2D eigenvalue weighted by molar-refractivity contribution is 0.0476. The van der Waals surface area contributed by atoms with E-state index >= 15 is 0 Å². The Morgan fingerprint density at radius 2 is 1.91 bits per heavy atom. The predicted octanol–water partition coefficient (Wildman–Crippen LogP) is 6.35. The Balaban J connectivity index is 1.52. The zero-order valence-corrected chi connectivity index (χ0v) is 19.6. The van der Waals surface area contributed by atoms with Gasteiger partial charge in [0.05, 0.1) is 26.0 Å². The van der Waals surface area contributed by atoms with Crippen LogP contribution in [0.4, 0.5) is 0 Å². The van der Waals surface area contributed by atoms with Gasteiger partial charge in [-0.05, 0) is 42.3 Å². The van der Waals surface area contributed by atoms with Crippen LogP contribution in [0, 0.1) is 0 Å². The lowest BCUT2D eigenvalue weighted by atomic mass is 10.0. The highest BCUT2D eigenvalue weighted by Crippen LogP contribution is 2.33. The number of aromatic nitrogens is 1. The fraction of sp³-hybridized carbons (Fsp3) is 0.115. The summed E-state index contributed by atoms with van der Waals surface area (Å²) in [5, 5.41) is 11.4. The first-order chi connectivity index (χ1) is 16.4. The first-order valence-electron chi connectivity index (χ1n) is 10.5. The Morgan fingerprint density at radius 3 is 2.68 bits per heavy atom. The molecule has 0 atom stereocenters. The number of ether oxygens (including phenoxy) is 1. The summed E-state index contributed by atoms with van der Waals surface area (Å²) in [6.45, 7) is 1.78. The summed E-state index contributed by atoms with van der Waals surface area (Å²) in [6, 6.07) is 17.1. The van der Waals surface area contributed by atoms with Gasteiger partial charge in [-0.15, -0.1) is 11.3 Å². The van der Waals surface area contributed by atoms with Crippen LogP contribution < -0.4 is 5.63 Å². The Hall–Kier alpha value is -3.68. The van der Waals surface area contributed by atoms with Crippen molar-refractivity contribution in [2.24, 2.45) is 0 Å². The molecule has 0 saturated heterocycles. The van der Waals surface area contributed by atoms with Crippen molar-refractivity contribution >= 4 is 50.8 Å². The Bertz CT molecular complexity index is 1620. The third-order valence-corrected chi connectivity index (χ3v) is 6.78. The average Bonchev–Trinajstić information content (AvgIpc) is 3.27. The molecule has 5 rings (SSSR count). The number of fused-ring (bicyclic) bond motifs is 2. The number of thiophene rings is 1. The zero-order valence-electron chi connectivity index (χ0n) is 18.0. The molecule has 6 nitrogen and oxygen atoms in total. The second kappa shape index (κ2) is 8.93. The molecule has 3 aromatic heterocycles. The van der Waals surface area contributed by atoms with Gasteiger partial charge in [0.25, 0.3) is 0 Å². The molecule has 0 aliphatic rings. The number of pyridine rings is 1. The maximum atomic E-state index is 13.2. The normalized spacial score (nSPS) is 11.2. The lowest BCUT2D eigenvalue weighted by Gasteiger charge is -2.11. The molecule has 8 heteroatoms. The van der Waals surface area contributed by atoms with Crippen LogP contribution in [-0.2, 0) is 17.8 Å². The SMILES string of the molecule is CCc1cc2c(COC(=O)c3cc(-c4ccc(Cl)s4)nc4ccccc34)cc(=O)oc2cc1O. The summed E-state index contributed by atoms with van der Waals surface area (Å²) >= 11 is 7.46. The van der Waals surface area contributed by atoms with E-state index < -0.39 is 11.6 Å². The monoisotopic (exact) mass is 491 g/mol. The van der Waals surface area contributed by atoms with Crippen molar-refractivity contribution in [2.75, 3.05) is 0 Å². The number of carbonyl (C=O) groups is 1. The van der Waals surface area contributed by atoms with Crippen molar-refractivity contribution < 1.29 is 19.1 Å². The summed E-state index contributed by atoms with van der Waals surface area (Å²) in [6.07, 6.45) is 0.596. The second-order valence-electron chi connectivity index (χ2n) is 7.67. The predicted molar refractivity (Wildman–Crippen MR) is 133 cm³/mol. The van der Waals surface area contributed by atoms with Crippen molar-refractivity contribution in [3.8, 4) is 16.3 Å². The molecular formula is C26H18ClNO5S. The minimum Gasteiger partial charge on any atom is -0.508 e. The highest BCUT2D eigenvalue weighted by molar-refractivity contribution is 7.19. The van der Waals surface area contributed by atoms with E-state index in [0.717, 1.165) is 4.88 Å². The topological polar surface area (TPSA) is 89.6 Å². The summed E-state index contributed by atoms with van der Waals surface area (Å²) in [5.41, 5.74) is 2.49. The van der Waals surface area contributed by atoms with Crippen molar-refractivity contribution in [1.82, 2.24) is 4.98 Å². The molecule has 0 aliphatic heterocycles. The average molecular weight is 492 g/mol. The third kappa shape index (κ3) is 4.16. The molecule has 34 heavy (non-hydrogen) atoms. The molecule has 0 spiro atoms. The van der Waals surface area contributed by atoms with E-state index in [1.165, 1.54) is 23.5 Å². The van der Waals surface area contributed by atoms with Gasteiger partial charge < -0.3 is 14.3 Å². The van der Waals surface area contributed by atoms with E-state index in [1.54, 1.807) is 18.2 Å². The van der Waals surface area contributed by atoms with Crippen molar-refractivity contribution in [1.29, 1.82) is 0 Å². The molecule has 2 aromatic carbocycles. The van der Waals surface area contributed by atoms with Gasteiger partial charge in [-0.3, -0.25) is 0 Å². The van der Waals surface area contributed by atoms with Gasteiger partial charge in [-0.25, -0.2) is 14.6 Å². The molecule has 0 saturated carbocycles. The van der Waals surface area contributed by atoms with E-state index in [4.69, 9.17) is 20.8 Å². The molecule has 0 radical (unpaired) electrons. The quantitative estimate of drug-likeness (QED) is 0.227. The largest absolute Gasteiger partial charge is 0.508 e. The van der Waals surface area contributed by atoms with Crippen LogP contribution in [0.2, 0.25) is 4.34 Å². The highest BCUT2D eigenvalue weighted by Gasteiger charge is 2.18. The van der Waals surface area contributed by atoms with Gasteiger partial charge in [-0.1, -0.05) is 36.7 Å². The number of phenolic OH excluding ortho intramolecular Hbond substituents is 1. The van der Waals surface area contributed by atoms with E-state index in [0.29, 0.717) is 49.4 Å². The van der Waals surface area contributed by atoms with Crippen LogP contribution in [0.1, 0.15) is 28.4 Å². The number of carbonyl (C=O) groups excluding carboxylic acids is 1. The Labute approximate surface area is 203 Å². The molecule has 0 unspecified atom stereocenters. The fourth-order valence-corrected chi connectivity index (χ4v) is 4.86. The Morgan fingerprint density at radius 1 is 1.09 bits per heavy atom. The molecule has 0 amide bonds. The summed E-state index contributed by atoms with van der Waals surface area (Å²) in [7, 11) is 0. The minimum atomic E-state index is -0.589. The van der Waals surface area contributed by atoms with Crippen LogP contribution in [0.25, 0.3) is 32.4 Å². The summed E-state index contributed by atoms with van der Waals surface area (Å²) < 4.78 is 11.5. The molecule has 170 valence electrons. The van der Waals surface area contributed by atoms with E-state index in [1.807, 2.05) is 37.3 Å². The van der Waals surface area contributed by atoms with Crippen LogP contribution in [0.15, 0.2) is 69.9 Å². The number of hydrogen-bond acceptors (Lipinski definition) is 7. The van der Waals surface area contributed by atoms with Gasteiger partial charge >= 0.3 is 11.6 Å². The number of para-hydroxylation sites is 1. The highest BCUT2D eigenvalue weighted by atomic mass is 35.5. The second-order valence-corrected chi connectivity index (χ2v) is 9.39. The number of aryl methyl sites for hydroxylation is 1. The van der Waals surface area contributed by atoms with Gasteiger partial charge in [-0.2, -0.15) is 0 Å². The lowest BCUT2D eigenvalue weighted by Crippen LogP contribution is -2.09. The number of esters is 1. The number of hydrogen-bond donors (Lipinski definition) is 1. The minimum absolute atomic E-state index is 0.0526. The maximum Gasteiger partial charge on any atom is 0.339 e. The number of phenols is 1. The molecule has 1 N–H and O–H groups in total. The first-order valence-corrected chi connectivity index (χ1v) is 11.7. The van der Waals surface area contributed by atoms with Crippen LogP contribution in [0.5, 0.6) is 5.75 Å². The zero-order chi connectivity index (χ0) is 23.8. The number of rotatable bonds is 5. The van der Waals surface area contributed by atoms with E-state index in [-0.39, 0.29) is 17.9 Å². The van der Waals surface area contributed by atoms with Crippen LogP contribution in [0.3, 0.4) is 0 Å². The molecule has 3 heterocycles. The van der Waals surface area contributed by atoms with Crippen molar-refractivity contribution in [3.63, 3.8) is 0 Å². The number of aromatic hydroxyl groups is 1. The van der Waals surface area contributed by atoms with Crippen molar-refractivity contribution in [2.45, 2.75) is 20.0 Å². The Kier molecular flexibility index (Phi) is 5.81. The standard InChI is InChI=1S/C26H18ClNO5S/c1-2-14-9-17-15(10-25(30)33-22(17)12-21(14)29)13-32-26(31)18-11-20(23-7-8-24(27)34-23)28-19-6-4-3-5-16(18)19/h3-12,29H,2,13H2,1H3. The van der Waals surface area contributed by atoms with E-state index in [2.05, 4.69) is 4.98 Å². The number of benzene rings is 2. The molecular weight excluding hydrogens is 474 g/mol. The smallest absolute Gasteiger partial charge is 0.339 e. The number of halogens is 1. The number of nitrogens with zero attached hydrogens (tertiary/aromatic N) is 1. The van der Waals surface area contributed by atoms with Gasteiger partial charge in [0.1, 0.15) is 17.9 Å². The van der Waals surface area contributed by atoms with Crippen molar-refractivity contribution in [3.05, 3.63) is 92.1 Å². The first kappa shape index (κ1) is 22.1. The van der Waals surface area contributed by atoms with Crippen LogP contribution in [-0.4, -0.2) is 16.1 Å². The fourth-order valence-electron chi connectivity index (χ4n) is 3.85. The van der Waals surface area contributed by atoms with Gasteiger partial charge in [0, 0.05) is 28.5 Å². The molecule has 5 aromatic rings. The van der Waals surface area contributed by atoms with Gasteiger partial charge in [0.2, 0.25) is 0 Å². The molecule has 0 aliphatic carbocycles. The summed E-state index contributed by atoms with van der Waals surface area (Å²) in [5.74, 6) is -0.491. The summed E-state index contributed by atoms with van der Waals surface area (Å²) in [4.78, 5) is 30.8. The third-order valence-electron chi connectivity index (χ3n) is 5.53. The molecule has 0 bridgehead atoms. The maximum absolute atomic E-state index is 13.2. The van der Waals surface area contributed by atoms with Crippen LogP contribution >= 0.6 is 22.9 Å². The van der Waals surface area contributed by atoms with Gasteiger partial charge in [0.15, 0.2) is 0 Å². The van der Waals surface area contributed by atoms with E-state index in [9.17, 15) is 14.7 Å².